The molecule has 2 heterocycles. The molecule has 0 atom stereocenters. The summed E-state index contributed by atoms with van der Waals surface area (Å²) < 4.78 is 27.2. The lowest BCUT2D eigenvalue weighted by molar-refractivity contribution is -0.121. The van der Waals surface area contributed by atoms with E-state index in [0.717, 1.165) is 24.1 Å². The van der Waals surface area contributed by atoms with Gasteiger partial charge in [0.15, 0.2) is 5.82 Å². The quantitative estimate of drug-likeness (QED) is 0.769. The number of nitrogens with one attached hydrogen (secondary N) is 1. The highest BCUT2D eigenvalue weighted by Crippen LogP contribution is 2.35. The largest absolute Gasteiger partial charge is 0.355 e. The number of pyridine rings is 1. The highest BCUT2D eigenvalue weighted by atomic mass is 32.2. The number of rotatable bonds is 6. The van der Waals surface area contributed by atoms with Gasteiger partial charge in [0.25, 0.3) is 0 Å². The van der Waals surface area contributed by atoms with E-state index in [0.29, 0.717) is 12.4 Å². The number of aromatic nitrogens is 1. The molecule has 8 heteroatoms. The maximum absolute atomic E-state index is 13.0. The van der Waals surface area contributed by atoms with Crippen molar-refractivity contribution < 1.29 is 13.2 Å². The molecule has 0 fully saturated rings. The summed E-state index contributed by atoms with van der Waals surface area (Å²) in [6.07, 6.45) is 3.39. The van der Waals surface area contributed by atoms with Crippen molar-refractivity contribution >= 4 is 27.4 Å². The Labute approximate surface area is 160 Å². The van der Waals surface area contributed by atoms with Gasteiger partial charge in [0.05, 0.1) is 13.2 Å². The van der Waals surface area contributed by atoms with Gasteiger partial charge in [-0.05, 0) is 37.6 Å². The predicted molar refractivity (Wildman–Crippen MR) is 104 cm³/mol. The van der Waals surface area contributed by atoms with Crippen molar-refractivity contribution in [1.29, 1.82) is 0 Å². The second-order valence-corrected chi connectivity index (χ2v) is 8.45. The molecule has 2 aromatic rings. The molecule has 0 saturated heterocycles. The Morgan fingerprint density at radius 3 is 2.67 bits per heavy atom. The number of hydrogen-bond donors (Lipinski definition) is 1. The van der Waals surface area contributed by atoms with Crippen molar-refractivity contribution in [2.45, 2.75) is 31.6 Å². The molecule has 3 rings (SSSR count). The minimum Gasteiger partial charge on any atom is -0.355 e. The number of aryl methyl sites for hydroxylation is 1. The molecule has 0 unspecified atom stereocenters. The van der Waals surface area contributed by atoms with Gasteiger partial charge in [0.1, 0.15) is 4.90 Å². The van der Waals surface area contributed by atoms with Crippen LogP contribution in [0.4, 0.5) is 11.5 Å². The number of anilines is 2. The van der Waals surface area contributed by atoms with Crippen LogP contribution in [-0.4, -0.2) is 43.4 Å². The van der Waals surface area contributed by atoms with Crippen LogP contribution in [0.5, 0.6) is 0 Å². The molecule has 0 saturated carbocycles. The van der Waals surface area contributed by atoms with Crippen LogP contribution in [0.3, 0.4) is 0 Å². The van der Waals surface area contributed by atoms with Crippen LogP contribution in [0.25, 0.3) is 0 Å². The van der Waals surface area contributed by atoms with Crippen LogP contribution in [-0.2, 0) is 14.8 Å². The fraction of sp³-hybridized carbons (Fsp3) is 0.368. The van der Waals surface area contributed by atoms with E-state index in [1.165, 1.54) is 10.4 Å². The third kappa shape index (κ3) is 4.12. The average Bonchev–Trinajstić information content (AvgIpc) is 2.65. The van der Waals surface area contributed by atoms with Crippen molar-refractivity contribution in [2.75, 3.05) is 24.7 Å². The molecule has 1 aromatic carbocycles. The third-order valence-electron chi connectivity index (χ3n) is 4.44. The average molecular weight is 388 g/mol. The number of unbranched alkanes of at least 4 members (excludes halogenated alkanes) is 1. The molecule has 0 aliphatic carbocycles. The lowest BCUT2D eigenvalue weighted by Crippen LogP contribution is -2.49. The van der Waals surface area contributed by atoms with E-state index in [1.54, 1.807) is 12.3 Å². The number of carbonyl (C=O) groups is 1. The second kappa shape index (κ2) is 8.06. The van der Waals surface area contributed by atoms with E-state index < -0.39 is 10.0 Å². The van der Waals surface area contributed by atoms with Gasteiger partial charge >= 0.3 is 0 Å². The Kier molecular flexibility index (Phi) is 5.76. The van der Waals surface area contributed by atoms with Gasteiger partial charge < -0.3 is 10.2 Å². The van der Waals surface area contributed by atoms with E-state index in [-0.39, 0.29) is 24.0 Å². The Balaban J connectivity index is 1.92. The summed E-state index contributed by atoms with van der Waals surface area (Å²) in [4.78, 5) is 18.4. The Morgan fingerprint density at radius 1 is 1.22 bits per heavy atom. The number of hydrogen-bond acceptors (Lipinski definition) is 5. The molecular weight excluding hydrogens is 364 g/mol. The highest BCUT2D eigenvalue weighted by molar-refractivity contribution is 7.89. The van der Waals surface area contributed by atoms with E-state index in [1.807, 2.05) is 43.0 Å². The molecule has 7 nitrogen and oxygen atoms in total. The molecule has 27 heavy (non-hydrogen) atoms. The highest BCUT2D eigenvalue weighted by Gasteiger charge is 2.37. The van der Waals surface area contributed by atoms with Crippen LogP contribution >= 0.6 is 0 Å². The van der Waals surface area contributed by atoms with Crippen molar-refractivity contribution in [2.24, 2.45) is 0 Å². The molecule has 0 radical (unpaired) electrons. The van der Waals surface area contributed by atoms with Gasteiger partial charge in [0.2, 0.25) is 15.9 Å². The van der Waals surface area contributed by atoms with Crippen LogP contribution in [0.2, 0.25) is 0 Å². The fourth-order valence-electron chi connectivity index (χ4n) is 2.91. The lowest BCUT2D eigenvalue weighted by atomic mass is 10.2. The first-order valence-corrected chi connectivity index (χ1v) is 10.4. The molecule has 1 aliphatic heterocycles. The van der Waals surface area contributed by atoms with Crippen LogP contribution in [0, 0.1) is 6.92 Å². The first-order valence-electron chi connectivity index (χ1n) is 8.99. The summed E-state index contributed by atoms with van der Waals surface area (Å²) in [5, 5.41) is 2.78. The topological polar surface area (TPSA) is 82.6 Å². The number of benzene rings is 1. The molecular formula is C19H24N4O3S. The zero-order valence-corrected chi connectivity index (χ0v) is 16.4. The van der Waals surface area contributed by atoms with Gasteiger partial charge in [-0.15, -0.1) is 0 Å². The van der Waals surface area contributed by atoms with Crippen LogP contribution in [0.1, 0.15) is 25.3 Å². The minimum atomic E-state index is -3.79. The van der Waals surface area contributed by atoms with Gasteiger partial charge in [0, 0.05) is 18.4 Å². The lowest BCUT2D eigenvalue weighted by Gasteiger charge is -2.36. The van der Waals surface area contributed by atoms with Crippen molar-refractivity contribution in [3.63, 3.8) is 0 Å². The minimum absolute atomic E-state index is 0.0383. The summed E-state index contributed by atoms with van der Waals surface area (Å²) in [5.74, 6) is 0.0761. The standard InChI is InChI=1S/C19H24N4O3S/c1-3-4-11-20-18(24)13-22-14-23(16-9-7-15(2)8-10-16)19-17(27(22,25)26)6-5-12-21-19/h5-10,12H,3-4,11,13-14H2,1-2H3,(H,20,24). The zero-order valence-electron chi connectivity index (χ0n) is 15.6. The number of fused-ring (bicyclic) bond motifs is 1. The Morgan fingerprint density at radius 2 is 1.96 bits per heavy atom. The number of nitrogens with zero attached hydrogens (tertiary/aromatic N) is 3. The fourth-order valence-corrected chi connectivity index (χ4v) is 4.39. The van der Waals surface area contributed by atoms with Crippen LogP contribution < -0.4 is 10.2 Å². The van der Waals surface area contributed by atoms with Crippen molar-refractivity contribution in [3.8, 4) is 0 Å². The summed E-state index contributed by atoms with van der Waals surface area (Å²) >= 11 is 0. The van der Waals surface area contributed by atoms with Gasteiger partial charge in [-0.2, -0.15) is 4.31 Å². The van der Waals surface area contributed by atoms with E-state index in [4.69, 9.17) is 0 Å². The Hall–Kier alpha value is -2.45. The SMILES string of the molecule is CCCCNC(=O)CN1CN(c2ccc(C)cc2)c2ncccc2S1(=O)=O. The molecule has 1 amide bonds. The second-order valence-electron chi connectivity index (χ2n) is 6.55. The summed E-state index contributed by atoms with van der Waals surface area (Å²) in [6, 6.07) is 10.9. The molecule has 1 aromatic heterocycles. The first-order chi connectivity index (χ1) is 12.9. The summed E-state index contributed by atoms with van der Waals surface area (Å²) in [5.41, 5.74) is 1.93. The van der Waals surface area contributed by atoms with E-state index in [9.17, 15) is 13.2 Å². The van der Waals surface area contributed by atoms with Crippen molar-refractivity contribution in [3.05, 3.63) is 48.2 Å². The number of sulfonamides is 1. The van der Waals surface area contributed by atoms with Crippen LogP contribution in [0.15, 0.2) is 47.5 Å². The molecule has 0 spiro atoms. The maximum Gasteiger partial charge on any atom is 0.248 e. The van der Waals surface area contributed by atoms with Gasteiger partial charge in [-0.25, -0.2) is 13.4 Å². The summed E-state index contributed by atoms with van der Waals surface area (Å²) in [6.45, 7) is 4.39. The molecule has 1 aliphatic rings. The smallest absolute Gasteiger partial charge is 0.248 e. The van der Waals surface area contributed by atoms with Crippen molar-refractivity contribution in [1.82, 2.24) is 14.6 Å². The molecule has 144 valence electrons. The van der Waals surface area contributed by atoms with Gasteiger partial charge in [-0.1, -0.05) is 31.0 Å². The molecule has 0 bridgehead atoms. The van der Waals surface area contributed by atoms with Gasteiger partial charge in [-0.3, -0.25) is 4.79 Å². The van der Waals surface area contributed by atoms with E-state index >= 15 is 0 Å². The molecule has 1 N–H and O–H groups in total. The predicted octanol–water partition coefficient (Wildman–Crippen LogP) is 2.41. The number of carbonyl (C=O) groups excluding carboxylic acids is 1. The summed E-state index contributed by atoms with van der Waals surface area (Å²) in [7, 11) is -3.79. The normalized spacial score (nSPS) is 16.0. The zero-order chi connectivity index (χ0) is 19.4. The first kappa shape index (κ1) is 19.3. The van der Waals surface area contributed by atoms with E-state index in [2.05, 4.69) is 10.3 Å². The maximum atomic E-state index is 13.0. The monoisotopic (exact) mass is 388 g/mol. The Bertz CT molecular complexity index is 913. The number of amides is 1. The third-order valence-corrected chi connectivity index (χ3v) is 6.24.